The van der Waals surface area contributed by atoms with Crippen LogP contribution in [0.15, 0.2) is 36.5 Å². The van der Waals surface area contributed by atoms with Crippen molar-refractivity contribution in [1.82, 2.24) is 4.98 Å². The number of hydrogen-bond donors (Lipinski definition) is 1. The average molecular weight is 298 g/mol. The van der Waals surface area contributed by atoms with E-state index >= 15 is 0 Å². The van der Waals surface area contributed by atoms with Gasteiger partial charge in [0, 0.05) is 11.9 Å². The molecule has 102 valence electrons. The first-order valence-corrected chi connectivity index (χ1v) is 5.78. The van der Waals surface area contributed by atoms with Gasteiger partial charge in [0.25, 0.3) is 0 Å². The zero-order valence-electron chi connectivity index (χ0n) is 9.87. The quantitative estimate of drug-likeness (QED) is 0.895. The highest BCUT2D eigenvalue weighted by Crippen LogP contribution is 2.30. The fourth-order valence-electron chi connectivity index (χ4n) is 1.50. The van der Waals surface area contributed by atoms with Crippen LogP contribution in [0.2, 0.25) is 5.02 Å². The zero-order valence-corrected chi connectivity index (χ0v) is 10.6. The minimum absolute atomic E-state index is 0.206. The van der Waals surface area contributed by atoms with Gasteiger partial charge in [-0.05, 0) is 30.3 Å². The van der Waals surface area contributed by atoms with Crippen LogP contribution in [0.25, 0.3) is 0 Å². The number of nitriles is 1. The molecule has 2 aromatic rings. The molecule has 1 aromatic heterocycles. The molecule has 0 radical (unpaired) electrons. The number of nitrogens with one attached hydrogen (secondary N) is 1. The van der Waals surface area contributed by atoms with Gasteiger partial charge in [-0.1, -0.05) is 11.6 Å². The normalized spacial score (nSPS) is 10.9. The molecule has 0 fully saturated rings. The van der Waals surface area contributed by atoms with Crippen molar-refractivity contribution < 1.29 is 13.2 Å². The van der Waals surface area contributed by atoms with Crippen molar-refractivity contribution in [2.45, 2.75) is 6.18 Å². The lowest BCUT2D eigenvalue weighted by molar-refractivity contribution is -0.137. The summed E-state index contributed by atoms with van der Waals surface area (Å²) in [5.41, 5.74) is -0.144. The number of benzene rings is 1. The van der Waals surface area contributed by atoms with E-state index in [-0.39, 0.29) is 11.4 Å². The zero-order chi connectivity index (χ0) is 14.8. The summed E-state index contributed by atoms with van der Waals surface area (Å²) >= 11 is 5.70. The smallest absolute Gasteiger partial charge is 0.339 e. The minimum Gasteiger partial charge on any atom is -0.339 e. The molecule has 0 saturated carbocycles. The molecule has 20 heavy (non-hydrogen) atoms. The fourth-order valence-corrected chi connectivity index (χ4v) is 1.66. The summed E-state index contributed by atoms with van der Waals surface area (Å²) in [6.45, 7) is 0. The Morgan fingerprint density at radius 1 is 1.20 bits per heavy atom. The highest BCUT2D eigenvalue weighted by molar-refractivity contribution is 6.30. The highest BCUT2D eigenvalue weighted by Gasteiger charge is 2.29. The Hall–Kier alpha value is -2.26. The van der Waals surface area contributed by atoms with E-state index in [1.54, 1.807) is 0 Å². The van der Waals surface area contributed by atoms with Crippen LogP contribution in [-0.4, -0.2) is 4.98 Å². The van der Waals surface area contributed by atoms with Gasteiger partial charge in [-0.25, -0.2) is 4.98 Å². The summed E-state index contributed by atoms with van der Waals surface area (Å²) in [5, 5.41) is 12.0. The molecule has 0 spiro atoms. The average Bonchev–Trinajstić information content (AvgIpc) is 2.40. The summed E-state index contributed by atoms with van der Waals surface area (Å²) in [6, 6.07) is 7.75. The van der Waals surface area contributed by atoms with Gasteiger partial charge in [-0.15, -0.1) is 0 Å². The van der Waals surface area contributed by atoms with Crippen molar-refractivity contribution in [2.24, 2.45) is 0 Å². The maximum Gasteiger partial charge on any atom is 0.416 e. The number of nitrogens with zero attached hydrogens (tertiary/aromatic N) is 2. The van der Waals surface area contributed by atoms with Crippen LogP contribution in [0.1, 0.15) is 11.1 Å². The van der Waals surface area contributed by atoms with Crippen LogP contribution in [0.5, 0.6) is 0 Å². The maximum atomic E-state index is 12.4. The van der Waals surface area contributed by atoms with Crippen molar-refractivity contribution in [3.8, 4) is 6.07 Å². The SMILES string of the molecule is N#Cc1cc(Cl)cnc1Nc1ccc(C(F)(F)F)cc1. The Balaban J connectivity index is 2.25. The van der Waals surface area contributed by atoms with E-state index in [0.717, 1.165) is 12.1 Å². The second-order valence-corrected chi connectivity index (χ2v) is 4.30. The summed E-state index contributed by atoms with van der Waals surface area (Å²) in [4.78, 5) is 3.93. The second kappa shape index (κ2) is 5.39. The summed E-state index contributed by atoms with van der Waals surface area (Å²) in [6.07, 6.45) is -3.04. The number of alkyl halides is 3. The fraction of sp³-hybridized carbons (Fsp3) is 0.0769. The molecule has 0 atom stereocenters. The first-order chi connectivity index (χ1) is 9.40. The van der Waals surface area contributed by atoms with E-state index in [1.807, 2.05) is 6.07 Å². The largest absolute Gasteiger partial charge is 0.416 e. The molecule has 0 unspecified atom stereocenters. The van der Waals surface area contributed by atoms with Gasteiger partial charge in [0.05, 0.1) is 16.1 Å². The maximum absolute atomic E-state index is 12.4. The predicted molar refractivity (Wildman–Crippen MR) is 68.7 cm³/mol. The lowest BCUT2D eigenvalue weighted by Gasteiger charge is -2.10. The van der Waals surface area contributed by atoms with E-state index in [0.29, 0.717) is 10.7 Å². The molecule has 0 bridgehead atoms. The van der Waals surface area contributed by atoms with Gasteiger partial charge in [-0.3, -0.25) is 0 Å². The molecule has 1 aromatic carbocycles. The Labute approximate surface area is 117 Å². The molecule has 2 rings (SSSR count). The molecule has 0 saturated heterocycles. The summed E-state index contributed by atoms with van der Waals surface area (Å²) < 4.78 is 37.3. The van der Waals surface area contributed by atoms with Crippen LogP contribution in [0.4, 0.5) is 24.7 Å². The van der Waals surface area contributed by atoms with Crippen LogP contribution in [0, 0.1) is 11.3 Å². The third kappa shape index (κ3) is 3.19. The van der Waals surface area contributed by atoms with Crippen molar-refractivity contribution in [2.75, 3.05) is 5.32 Å². The lowest BCUT2D eigenvalue weighted by Crippen LogP contribution is -2.04. The van der Waals surface area contributed by atoms with Crippen LogP contribution < -0.4 is 5.32 Å². The van der Waals surface area contributed by atoms with Crippen molar-refractivity contribution >= 4 is 23.1 Å². The Morgan fingerprint density at radius 3 is 2.40 bits per heavy atom. The number of hydrogen-bond acceptors (Lipinski definition) is 3. The lowest BCUT2D eigenvalue weighted by atomic mass is 10.2. The van der Waals surface area contributed by atoms with Gasteiger partial charge in [0.15, 0.2) is 0 Å². The van der Waals surface area contributed by atoms with Gasteiger partial charge >= 0.3 is 6.18 Å². The molecule has 0 amide bonds. The number of halogens is 4. The molecule has 0 aliphatic heterocycles. The third-order valence-corrected chi connectivity index (χ3v) is 2.66. The molecular weight excluding hydrogens is 291 g/mol. The Bertz CT molecular complexity index is 660. The van der Waals surface area contributed by atoms with Gasteiger partial charge in [-0.2, -0.15) is 18.4 Å². The summed E-state index contributed by atoms with van der Waals surface area (Å²) in [5.74, 6) is 0.233. The molecule has 0 aliphatic carbocycles. The molecule has 1 heterocycles. The van der Waals surface area contributed by atoms with Crippen LogP contribution in [-0.2, 0) is 6.18 Å². The first-order valence-electron chi connectivity index (χ1n) is 5.40. The van der Waals surface area contributed by atoms with E-state index in [2.05, 4.69) is 10.3 Å². The second-order valence-electron chi connectivity index (χ2n) is 3.86. The monoisotopic (exact) mass is 297 g/mol. The van der Waals surface area contributed by atoms with E-state index in [9.17, 15) is 13.2 Å². The van der Waals surface area contributed by atoms with Crippen LogP contribution in [0.3, 0.4) is 0 Å². The molecular formula is C13H7ClF3N3. The van der Waals surface area contributed by atoms with Crippen molar-refractivity contribution in [3.05, 3.63) is 52.7 Å². The molecule has 7 heteroatoms. The predicted octanol–water partition coefficient (Wildman–Crippen LogP) is 4.37. The summed E-state index contributed by atoms with van der Waals surface area (Å²) in [7, 11) is 0. The Morgan fingerprint density at radius 2 is 1.85 bits per heavy atom. The van der Waals surface area contributed by atoms with E-state index in [4.69, 9.17) is 16.9 Å². The number of rotatable bonds is 2. The first kappa shape index (κ1) is 14.2. The standard InChI is InChI=1S/C13H7ClF3N3/c14-10-5-8(6-18)12(19-7-10)20-11-3-1-9(2-4-11)13(15,16)17/h1-5,7H,(H,19,20). The van der Waals surface area contributed by atoms with Gasteiger partial charge in [0.1, 0.15) is 11.9 Å². The molecule has 0 aliphatic rings. The topological polar surface area (TPSA) is 48.7 Å². The molecule has 3 nitrogen and oxygen atoms in total. The molecule has 1 N–H and O–H groups in total. The minimum atomic E-state index is -4.38. The van der Waals surface area contributed by atoms with Gasteiger partial charge < -0.3 is 5.32 Å². The van der Waals surface area contributed by atoms with Gasteiger partial charge in [0.2, 0.25) is 0 Å². The van der Waals surface area contributed by atoms with Crippen molar-refractivity contribution in [1.29, 1.82) is 5.26 Å². The van der Waals surface area contributed by atoms with Crippen LogP contribution >= 0.6 is 11.6 Å². The van der Waals surface area contributed by atoms with Crippen molar-refractivity contribution in [3.63, 3.8) is 0 Å². The number of anilines is 2. The van der Waals surface area contributed by atoms with E-state index in [1.165, 1.54) is 24.4 Å². The Kier molecular flexibility index (Phi) is 3.81. The highest BCUT2D eigenvalue weighted by atomic mass is 35.5. The number of aromatic nitrogens is 1. The number of pyridine rings is 1. The van der Waals surface area contributed by atoms with E-state index < -0.39 is 11.7 Å². The third-order valence-electron chi connectivity index (χ3n) is 2.45.